The summed E-state index contributed by atoms with van der Waals surface area (Å²) < 4.78 is 5.53. The molecule has 0 radical (unpaired) electrons. The summed E-state index contributed by atoms with van der Waals surface area (Å²) in [5.41, 5.74) is 6.51. The highest BCUT2D eigenvalue weighted by molar-refractivity contribution is 4.86. The molecular formula is C14H28N2O. The summed E-state index contributed by atoms with van der Waals surface area (Å²) >= 11 is 0. The number of ether oxygens (including phenoxy) is 1. The largest absolute Gasteiger partial charge is 0.380 e. The quantitative estimate of drug-likeness (QED) is 0.767. The molecule has 3 heteroatoms. The van der Waals surface area contributed by atoms with Gasteiger partial charge in [-0.2, -0.15) is 0 Å². The molecule has 100 valence electrons. The Bertz CT molecular complexity index is 204. The standard InChI is InChI=1S/C14H28N2O/c15-12-14(6-3-1-2-4-7-14)13-16-8-5-10-17-11-9-16/h1-13,15H2. The fraction of sp³-hybridized carbons (Fsp3) is 1.00. The van der Waals surface area contributed by atoms with E-state index >= 15 is 0 Å². The normalized spacial score (nSPS) is 27.4. The molecule has 0 atom stereocenters. The van der Waals surface area contributed by atoms with Gasteiger partial charge in [-0.15, -0.1) is 0 Å². The first-order valence-electron chi connectivity index (χ1n) is 7.35. The molecule has 0 aromatic heterocycles. The third-order valence-electron chi connectivity index (χ3n) is 4.47. The minimum absolute atomic E-state index is 0.404. The van der Waals surface area contributed by atoms with E-state index < -0.39 is 0 Å². The molecule has 2 N–H and O–H groups in total. The maximum atomic E-state index is 6.11. The lowest BCUT2D eigenvalue weighted by atomic mass is 9.80. The first kappa shape index (κ1) is 13.3. The summed E-state index contributed by atoms with van der Waals surface area (Å²) in [6.45, 7) is 6.20. The molecular weight excluding hydrogens is 212 g/mol. The molecule has 1 aliphatic heterocycles. The lowest BCUT2D eigenvalue weighted by Crippen LogP contribution is -2.43. The number of hydrogen-bond acceptors (Lipinski definition) is 3. The predicted octanol–water partition coefficient (Wildman–Crippen LogP) is 2.01. The number of hydrogen-bond donors (Lipinski definition) is 1. The summed E-state index contributed by atoms with van der Waals surface area (Å²) in [6.07, 6.45) is 9.42. The minimum Gasteiger partial charge on any atom is -0.380 e. The van der Waals surface area contributed by atoms with Crippen molar-refractivity contribution in [2.45, 2.75) is 44.9 Å². The van der Waals surface area contributed by atoms with E-state index in [9.17, 15) is 0 Å². The van der Waals surface area contributed by atoms with Crippen LogP contribution in [0.2, 0.25) is 0 Å². The number of nitrogens with two attached hydrogens (primary N) is 1. The monoisotopic (exact) mass is 240 g/mol. The van der Waals surface area contributed by atoms with Crippen molar-refractivity contribution in [3.63, 3.8) is 0 Å². The van der Waals surface area contributed by atoms with E-state index in [2.05, 4.69) is 4.90 Å². The molecule has 0 unspecified atom stereocenters. The van der Waals surface area contributed by atoms with Gasteiger partial charge in [0.15, 0.2) is 0 Å². The summed E-state index contributed by atoms with van der Waals surface area (Å²) in [4.78, 5) is 2.59. The van der Waals surface area contributed by atoms with E-state index in [1.54, 1.807) is 0 Å². The van der Waals surface area contributed by atoms with Crippen molar-refractivity contribution in [2.75, 3.05) is 39.4 Å². The van der Waals surface area contributed by atoms with Crippen LogP contribution in [-0.2, 0) is 4.74 Å². The second kappa shape index (κ2) is 6.72. The Kier molecular flexibility index (Phi) is 5.26. The maximum Gasteiger partial charge on any atom is 0.0593 e. The van der Waals surface area contributed by atoms with Crippen LogP contribution in [0.3, 0.4) is 0 Å². The molecule has 1 aliphatic carbocycles. The van der Waals surface area contributed by atoms with Gasteiger partial charge in [0.1, 0.15) is 0 Å². The summed E-state index contributed by atoms with van der Waals surface area (Å²) in [6, 6.07) is 0. The minimum atomic E-state index is 0.404. The fourth-order valence-electron chi connectivity index (χ4n) is 3.34. The summed E-state index contributed by atoms with van der Waals surface area (Å²) in [7, 11) is 0. The lowest BCUT2D eigenvalue weighted by Gasteiger charge is -2.36. The molecule has 0 aromatic rings. The van der Waals surface area contributed by atoms with Gasteiger partial charge in [-0.05, 0) is 31.2 Å². The molecule has 2 rings (SSSR count). The highest BCUT2D eigenvalue weighted by atomic mass is 16.5. The molecule has 0 amide bonds. The van der Waals surface area contributed by atoms with Crippen LogP contribution in [0.1, 0.15) is 44.9 Å². The van der Waals surface area contributed by atoms with Gasteiger partial charge in [0, 0.05) is 26.2 Å². The second-order valence-corrected chi connectivity index (χ2v) is 5.86. The van der Waals surface area contributed by atoms with E-state index in [0.717, 1.165) is 26.3 Å². The molecule has 17 heavy (non-hydrogen) atoms. The van der Waals surface area contributed by atoms with E-state index in [1.165, 1.54) is 58.0 Å². The van der Waals surface area contributed by atoms with Gasteiger partial charge in [0.2, 0.25) is 0 Å². The molecule has 1 saturated heterocycles. The fourth-order valence-corrected chi connectivity index (χ4v) is 3.34. The molecule has 1 saturated carbocycles. The molecule has 0 aromatic carbocycles. The van der Waals surface area contributed by atoms with Gasteiger partial charge < -0.3 is 15.4 Å². The zero-order valence-corrected chi connectivity index (χ0v) is 11.1. The van der Waals surface area contributed by atoms with Crippen molar-refractivity contribution in [2.24, 2.45) is 11.1 Å². The zero-order chi connectivity index (χ0) is 12.0. The first-order valence-corrected chi connectivity index (χ1v) is 7.35. The van der Waals surface area contributed by atoms with Crippen LogP contribution in [0.4, 0.5) is 0 Å². The number of nitrogens with zero attached hydrogens (tertiary/aromatic N) is 1. The Morgan fingerprint density at radius 2 is 1.71 bits per heavy atom. The van der Waals surface area contributed by atoms with Crippen molar-refractivity contribution < 1.29 is 4.74 Å². The molecule has 3 nitrogen and oxygen atoms in total. The maximum absolute atomic E-state index is 6.11. The van der Waals surface area contributed by atoms with Crippen LogP contribution in [-0.4, -0.2) is 44.3 Å². The van der Waals surface area contributed by atoms with E-state index in [4.69, 9.17) is 10.5 Å². The summed E-state index contributed by atoms with van der Waals surface area (Å²) in [5.74, 6) is 0. The van der Waals surface area contributed by atoms with Crippen LogP contribution in [0.15, 0.2) is 0 Å². The van der Waals surface area contributed by atoms with Crippen molar-refractivity contribution >= 4 is 0 Å². The smallest absolute Gasteiger partial charge is 0.0593 e. The van der Waals surface area contributed by atoms with Crippen molar-refractivity contribution in [3.8, 4) is 0 Å². The van der Waals surface area contributed by atoms with Gasteiger partial charge >= 0.3 is 0 Å². The molecule has 0 spiro atoms. The molecule has 2 fully saturated rings. The van der Waals surface area contributed by atoms with Crippen molar-refractivity contribution in [1.29, 1.82) is 0 Å². The van der Waals surface area contributed by atoms with Gasteiger partial charge in [-0.1, -0.05) is 25.7 Å². The molecule has 0 bridgehead atoms. The highest BCUT2D eigenvalue weighted by Crippen LogP contribution is 2.35. The Hall–Kier alpha value is -0.120. The Labute approximate surface area is 106 Å². The van der Waals surface area contributed by atoms with Gasteiger partial charge in [0.25, 0.3) is 0 Å². The number of rotatable bonds is 3. The topological polar surface area (TPSA) is 38.5 Å². The summed E-state index contributed by atoms with van der Waals surface area (Å²) in [5, 5.41) is 0. The van der Waals surface area contributed by atoms with E-state index in [-0.39, 0.29) is 0 Å². The van der Waals surface area contributed by atoms with Crippen molar-refractivity contribution in [3.05, 3.63) is 0 Å². The lowest BCUT2D eigenvalue weighted by molar-refractivity contribution is 0.115. The SMILES string of the molecule is NCC1(CN2CCCOCC2)CCCCCC1. The third kappa shape index (κ3) is 3.94. The van der Waals surface area contributed by atoms with E-state index in [1.807, 2.05) is 0 Å². The van der Waals surface area contributed by atoms with Gasteiger partial charge in [-0.3, -0.25) is 0 Å². The third-order valence-corrected chi connectivity index (χ3v) is 4.47. The zero-order valence-electron chi connectivity index (χ0n) is 11.1. The predicted molar refractivity (Wildman–Crippen MR) is 71.1 cm³/mol. The first-order chi connectivity index (χ1) is 8.35. The Morgan fingerprint density at radius 1 is 0.941 bits per heavy atom. The van der Waals surface area contributed by atoms with Crippen LogP contribution in [0.5, 0.6) is 0 Å². The van der Waals surface area contributed by atoms with Crippen LogP contribution >= 0.6 is 0 Å². The average molecular weight is 240 g/mol. The Balaban J connectivity index is 1.91. The van der Waals surface area contributed by atoms with Gasteiger partial charge in [0.05, 0.1) is 6.61 Å². The average Bonchev–Trinajstić information content (AvgIpc) is 2.73. The highest BCUT2D eigenvalue weighted by Gasteiger charge is 2.31. The van der Waals surface area contributed by atoms with Crippen molar-refractivity contribution in [1.82, 2.24) is 4.90 Å². The van der Waals surface area contributed by atoms with Gasteiger partial charge in [-0.25, -0.2) is 0 Å². The van der Waals surface area contributed by atoms with Crippen LogP contribution in [0.25, 0.3) is 0 Å². The Morgan fingerprint density at radius 3 is 2.41 bits per heavy atom. The molecule has 2 aliphatic rings. The molecule has 1 heterocycles. The van der Waals surface area contributed by atoms with Crippen LogP contribution in [0, 0.1) is 5.41 Å². The van der Waals surface area contributed by atoms with Crippen LogP contribution < -0.4 is 5.73 Å². The second-order valence-electron chi connectivity index (χ2n) is 5.86. The van der Waals surface area contributed by atoms with E-state index in [0.29, 0.717) is 5.41 Å².